The van der Waals surface area contributed by atoms with Crippen molar-refractivity contribution < 1.29 is 4.79 Å². The minimum absolute atomic E-state index is 0.129. The Morgan fingerprint density at radius 1 is 1.13 bits per heavy atom. The summed E-state index contributed by atoms with van der Waals surface area (Å²) in [5.74, 6) is -0.129. The summed E-state index contributed by atoms with van der Waals surface area (Å²) in [7, 11) is 2.05. The summed E-state index contributed by atoms with van der Waals surface area (Å²) in [5, 5.41) is 2.91. The van der Waals surface area contributed by atoms with Crippen LogP contribution in [0.3, 0.4) is 0 Å². The van der Waals surface area contributed by atoms with Gasteiger partial charge in [-0.05, 0) is 31.0 Å². The number of para-hydroxylation sites is 1. The fourth-order valence-electron chi connectivity index (χ4n) is 2.37. The van der Waals surface area contributed by atoms with Gasteiger partial charge in [-0.25, -0.2) is 0 Å². The Balaban J connectivity index is 1.73. The molecule has 4 heteroatoms. The zero-order chi connectivity index (χ0) is 16.7. The smallest absolute Gasteiger partial charge is 0.241 e. The first-order valence-electron chi connectivity index (χ1n) is 7.94. The second-order valence-corrected chi connectivity index (χ2v) is 5.79. The molecule has 0 aliphatic heterocycles. The molecular weight excluding hydrogens is 286 g/mol. The average Bonchev–Trinajstić information content (AvgIpc) is 2.59. The van der Waals surface area contributed by atoms with Gasteiger partial charge in [0.2, 0.25) is 5.91 Å². The molecule has 0 heterocycles. The van der Waals surface area contributed by atoms with Gasteiger partial charge in [-0.3, -0.25) is 4.79 Å². The number of hydrogen-bond donors (Lipinski definition) is 2. The van der Waals surface area contributed by atoms with E-state index in [1.807, 2.05) is 49.4 Å². The second kappa shape index (κ2) is 8.34. The van der Waals surface area contributed by atoms with Gasteiger partial charge in [0.05, 0.1) is 0 Å². The number of benzene rings is 2. The van der Waals surface area contributed by atoms with Gasteiger partial charge in [-0.2, -0.15) is 0 Å². The zero-order valence-electron chi connectivity index (χ0n) is 13.8. The van der Waals surface area contributed by atoms with Crippen LogP contribution in [0.5, 0.6) is 0 Å². The van der Waals surface area contributed by atoms with Gasteiger partial charge in [0.15, 0.2) is 0 Å². The lowest BCUT2D eigenvalue weighted by Gasteiger charge is -2.19. The first kappa shape index (κ1) is 17.0. The number of anilines is 1. The molecule has 0 fully saturated rings. The van der Waals surface area contributed by atoms with Crippen molar-refractivity contribution in [2.45, 2.75) is 19.4 Å². The van der Waals surface area contributed by atoms with E-state index in [1.54, 1.807) is 0 Å². The maximum atomic E-state index is 12.1. The minimum atomic E-state index is -0.609. The summed E-state index contributed by atoms with van der Waals surface area (Å²) in [6, 6.07) is 17.3. The van der Waals surface area contributed by atoms with Crippen molar-refractivity contribution in [2.75, 3.05) is 25.0 Å². The Labute approximate surface area is 138 Å². The van der Waals surface area contributed by atoms with Crippen LogP contribution in [0.1, 0.15) is 23.6 Å². The second-order valence-electron chi connectivity index (χ2n) is 5.79. The van der Waals surface area contributed by atoms with E-state index in [0.29, 0.717) is 6.54 Å². The molecule has 1 amide bonds. The van der Waals surface area contributed by atoms with Crippen molar-refractivity contribution in [3.05, 3.63) is 65.7 Å². The van der Waals surface area contributed by atoms with Gasteiger partial charge >= 0.3 is 0 Å². The van der Waals surface area contributed by atoms with E-state index >= 15 is 0 Å². The highest BCUT2D eigenvalue weighted by Crippen LogP contribution is 2.12. The summed E-state index contributed by atoms with van der Waals surface area (Å²) in [6.07, 6.45) is 0.873. The van der Waals surface area contributed by atoms with E-state index in [9.17, 15) is 4.79 Å². The van der Waals surface area contributed by atoms with E-state index in [0.717, 1.165) is 24.1 Å². The number of nitrogens with two attached hydrogens (primary N) is 1. The first-order chi connectivity index (χ1) is 11.1. The molecule has 2 rings (SSSR count). The molecule has 23 heavy (non-hydrogen) atoms. The van der Waals surface area contributed by atoms with Crippen molar-refractivity contribution in [2.24, 2.45) is 5.73 Å². The summed E-state index contributed by atoms with van der Waals surface area (Å²) < 4.78 is 0. The number of carbonyl (C=O) groups excluding carboxylic acids is 1. The molecule has 122 valence electrons. The number of amides is 1. The van der Waals surface area contributed by atoms with Crippen molar-refractivity contribution in [3.8, 4) is 0 Å². The lowest BCUT2D eigenvalue weighted by molar-refractivity contribution is -0.122. The Morgan fingerprint density at radius 2 is 1.78 bits per heavy atom. The normalized spacial score (nSPS) is 11.8. The highest BCUT2D eigenvalue weighted by Gasteiger charge is 2.14. The fraction of sp³-hybridized carbons (Fsp3) is 0.316. The molecule has 0 spiro atoms. The molecule has 0 aromatic heterocycles. The van der Waals surface area contributed by atoms with Crippen LogP contribution in [-0.2, 0) is 4.79 Å². The Morgan fingerprint density at radius 3 is 2.43 bits per heavy atom. The molecule has 2 aromatic rings. The molecular formula is C19H25N3O. The molecule has 4 nitrogen and oxygen atoms in total. The Kier molecular flexibility index (Phi) is 6.18. The van der Waals surface area contributed by atoms with Crippen LogP contribution < -0.4 is 16.0 Å². The number of nitrogens with zero attached hydrogens (tertiary/aromatic N) is 1. The quantitative estimate of drug-likeness (QED) is 0.773. The average molecular weight is 311 g/mol. The standard InChI is InChI=1S/C19H25N3O/c1-15-9-11-16(12-10-15)18(20)19(23)21-13-6-14-22(2)17-7-4-3-5-8-17/h3-5,7-12,18H,6,13-14,20H2,1-2H3,(H,21,23). The lowest BCUT2D eigenvalue weighted by atomic mass is 10.1. The van der Waals surface area contributed by atoms with Crippen LogP contribution in [0.2, 0.25) is 0 Å². The fourth-order valence-corrected chi connectivity index (χ4v) is 2.37. The third kappa shape index (κ3) is 5.11. The van der Waals surface area contributed by atoms with Crippen molar-refractivity contribution in [3.63, 3.8) is 0 Å². The summed E-state index contributed by atoms with van der Waals surface area (Å²) in [6.45, 7) is 3.51. The molecule has 3 N–H and O–H groups in total. The third-order valence-electron chi connectivity index (χ3n) is 3.89. The maximum absolute atomic E-state index is 12.1. The van der Waals surface area contributed by atoms with Gasteiger partial charge in [0.1, 0.15) is 6.04 Å². The summed E-state index contributed by atoms with van der Waals surface area (Å²) in [5.41, 5.74) is 9.18. The van der Waals surface area contributed by atoms with Crippen LogP contribution >= 0.6 is 0 Å². The van der Waals surface area contributed by atoms with Crippen LogP contribution in [0.15, 0.2) is 54.6 Å². The molecule has 1 atom stereocenters. The number of hydrogen-bond acceptors (Lipinski definition) is 3. The number of nitrogens with one attached hydrogen (secondary N) is 1. The molecule has 0 bridgehead atoms. The van der Waals surface area contributed by atoms with E-state index in [2.05, 4.69) is 29.4 Å². The minimum Gasteiger partial charge on any atom is -0.375 e. The largest absolute Gasteiger partial charge is 0.375 e. The lowest BCUT2D eigenvalue weighted by Crippen LogP contribution is -2.35. The van der Waals surface area contributed by atoms with Gasteiger partial charge in [0.25, 0.3) is 0 Å². The molecule has 1 unspecified atom stereocenters. The Bertz CT molecular complexity index is 610. The van der Waals surface area contributed by atoms with Crippen molar-refractivity contribution in [1.82, 2.24) is 5.32 Å². The van der Waals surface area contributed by atoms with Gasteiger partial charge in [0, 0.05) is 25.8 Å². The van der Waals surface area contributed by atoms with E-state index in [4.69, 9.17) is 5.73 Å². The van der Waals surface area contributed by atoms with E-state index < -0.39 is 6.04 Å². The van der Waals surface area contributed by atoms with E-state index in [1.165, 1.54) is 5.69 Å². The van der Waals surface area contributed by atoms with Gasteiger partial charge in [-0.15, -0.1) is 0 Å². The van der Waals surface area contributed by atoms with Crippen LogP contribution in [-0.4, -0.2) is 26.0 Å². The van der Waals surface area contributed by atoms with Crippen LogP contribution in [0, 0.1) is 6.92 Å². The molecule has 0 saturated carbocycles. The monoisotopic (exact) mass is 311 g/mol. The predicted octanol–water partition coefficient (Wildman–Crippen LogP) is 2.64. The molecule has 0 aliphatic carbocycles. The summed E-state index contributed by atoms with van der Waals surface area (Å²) in [4.78, 5) is 14.3. The van der Waals surface area contributed by atoms with Gasteiger partial charge in [-0.1, -0.05) is 48.0 Å². The number of aryl methyl sites for hydroxylation is 1. The van der Waals surface area contributed by atoms with Crippen molar-refractivity contribution >= 4 is 11.6 Å². The highest BCUT2D eigenvalue weighted by molar-refractivity contribution is 5.82. The molecule has 0 aliphatic rings. The zero-order valence-corrected chi connectivity index (χ0v) is 13.8. The predicted molar refractivity (Wildman–Crippen MR) is 95.4 cm³/mol. The highest BCUT2D eigenvalue weighted by atomic mass is 16.2. The topological polar surface area (TPSA) is 58.4 Å². The van der Waals surface area contributed by atoms with Gasteiger partial charge < -0.3 is 16.0 Å². The van der Waals surface area contributed by atoms with Crippen LogP contribution in [0.4, 0.5) is 5.69 Å². The summed E-state index contributed by atoms with van der Waals surface area (Å²) >= 11 is 0. The van der Waals surface area contributed by atoms with Crippen molar-refractivity contribution in [1.29, 1.82) is 0 Å². The molecule has 0 radical (unpaired) electrons. The van der Waals surface area contributed by atoms with Crippen LogP contribution in [0.25, 0.3) is 0 Å². The number of rotatable bonds is 7. The third-order valence-corrected chi connectivity index (χ3v) is 3.89. The number of carbonyl (C=O) groups is 1. The maximum Gasteiger partial charge on any atom is 0.241 e. The SMILES string of the molecule is Cc1ccc(C(N)C(=O)NCCCN(C)c2ccccc2)cc1. The Hall–Kier alpha value is -2.33. The molecule has 0 saturated heterocycles. The molecule has 2 aromatic carbocycles. The van der Waals surface area contributed by atoms with E-state index in [-0.39, 0.29) is 5.91 Å². The first-order valence-corrected chi connectivity index (χ1v) is 7.94.